The van der Waals surface area contributed by atoms with Gasteiger partial charge in [0.1, 0.15) is 0 Å². The van der Waals surface area contributed by atoms with E-state index in [-0.39, 0.29) is 24.0 Å². The SMILES string of the molecule is CCN(CC)Cc1ccccc1CNC(=NC)NCCCOC.I. The van der Waals surface area contributed by atoms with Gasteiger partial charge in [0, 0.05) is 40.4 Å². The Balaban J connectivity index is 0.00000529. The lowest BCUT2D eigenvalue weighted by atomic mass is 10.1. The number of methoxy groups -OCH3 is 1. The van der Waals surface area contributed by atoms with Crippen LogP contribution in [-0.4, -0.2) is 51.3 Å². The number of hydrogen-bond acceptors (Lipinski definition) is 3. The molecule has 0 aromatic heterocycles. The molecule has 0 bridgehead atoms. The minimum Gasteiger partial charge on any atom is -0.385 e. The molecule has 0 atom stereocenters. The van der Waals surface area contributed by atoms with Crippen molar-refractivity contribution in [3.63, 3.8) is 0 Å². The van der Waals surface area contributed by atoms with Gasteiger partial charge in [-0.1, -0.05) is 38.1 Å². The van der Waals surface area contributed by atoms with Crippen LogP contribution in [0.1, 0.15) is 31.4 Å². The van der Waals surface area contributed by atoms with Crippen molar-refractivity contribution in [2.75, 3.05) is 40.4 Å². The van der Waals surface area contributed by atoms with Gasteiger partial charge >= 0.3 is 0 Å². The van der Waals surface area contributed by atoms with Crippen molar-refractivity contribution in [1.82, 2.24) is 15.5 Å². The summed E-state index contributed by atoms with van der Waals surface area (Å²) in [6.45, 7) is 9.94. The van der Waals surface area contributed by atoms with E-state index in [9.17, 15) is 0 Å². The quantitative estimate of drug-likeness (QED) is 0.250. The van der Waals surface area contributed by atoms with E-state index in [0.717, 1.165) is 51.7 Å². The van der Waals surface area contributed by atoms with Gasteiger partial charge in [0.25, 0.3) is 0 Å². The lowest BCUT2D eigenvalue weighted by Crippen LogP contribution is -2.37. The van der Waals surface area contributed by atoms with Crippen LogP contribution in [0.4, 0.5) is 0 Å². The Hall–Kier alpha value is -0.860. The minimum atomic E-state index is 0. The van der Waals surface area contributed by atoms with Gasteiger partial charge in [-0.3, -0.25) is 9.89 Å². The number of aliphatic imine (C=N–C) groups is 1. The van der Waals surface area contributed by atoms with Crippen LogP contribution in [0.3, 0.4) is 0 Å². The monoisotopic (exact) mass is 448 g/mol. The molecule has 138 valence electrons. The van der Waals surface area contributed by atoms with Crippen molar-refractivity contribution < 1.29 is 4.74 Å². The highest BCUT2D eigenvalue weighted by atomic mass is 127. The molecule has 0 aliphatic heterocycles. The van der Waals surface area contributed by atoms with Gasteiger partial charge in [0.15, 0.2) is 5.96 Å². The molecular formula is C18H33IN4O. The summed E-state index contributed by atoms with van der Waals surface area (Å²) in [5, 5.41) is 6.70. The first-order valence-corrected chi connectivity index (χ1v) is 8.47. The first-order chi connectivity index (χ1) is 11.2. The summed E-state index contributed by atoms with van der Waals surface area (Å²) < 4.78 is 5.06. The summed E-state index contributed by atoms with van der Waals surface area (Å²) in [5.41, 5.74) is 2.69. The van der Waals surface area contributed by atoms with E-state index >= 15 is 0 Å². The van der Waals surface area contributed by atoms with Crippen molar-refractivity contribution >= 4 is 29.9 Å². The van der Waals surface area contributed by atoms with Gasteiger partial charge in [0.2, 0.25) is 0 Å². The van der Waals surface area contributed by atoms with Gasteiger partial charge < -0.3 is 15.4 Å². The van der Waals surface area contributed by atoms with Crippen molar-refractivity contribution in [2.45, 2.75) is 33.4 Å². The third kappa shape index (κ3) is 8.84. The normalized spacial score (nSPS) is 11.3. The number of benzene rings is 1. The average molecular weight is 448 g/mol. The number of nitrogens with one attached hydrogen (secondary N) is 2. The number of nitrogens with zero attached hydrogens (tertiary/aromatic N) is 2. The summed E-state index contributed by atoms with van der Waals surface area (Å²) in [6.07, 6.45) is 0.968. The molecule has 2 N–H and O–H groups in total. The van der Waals surface area contributed by atoms with Crippen LogP contribution in [0.2, 0.25) is 0 Å². The van der Waals surface area contributed by atoms with Crippen LogP contribution in [0.5, 0.6) is 0 Å². The molecule has 0 radical (unpaired) electrons. The van der Waals surface area contributed by atoms with Crippen LogP contribution in [0.15, 0.2) is 29.3 Å². The second-order valence-corrected chi connectivity index (χ2v) is 5.43. The fourth-order valence-electron chi connectivity index (χ4n) is 2.40. The Bertz CT molecular complexity index is 464. The fourth-order valence-corrected chi connectivity index (χ4v) is 2.40. The van der Waals surface area contributed by atoms with Crippen LogP contribution in [0.25, 0.3) is 0 Å². The zero-order valence-electron chi connectivity index (χ0n) is 15.5. The molecule has 0 heterocycles. The lowest BCUT2D eigenvalue weighted by molar-refractivity contribution is 0.195. The second kappa shape index (κ2) is 14.5. The standard InChI is InChI=1S/C18H32N4O.HI/c1-5-22(6-2)15-17-11-8-7-10-16(17)14-21-18(19-3)20-12-9-13-23-4;/h7-8,10-11H,5-6,9,12-15H2,1-4H3,(H2,19,20,21);1H. The summed E-state index contributed by atoms with van der Waals surface area (Å²) in [7, 11) is 3.52. The molecule has 0 spiro atoms. The van der Waals surface area contributed by atoms with Gasteiger partial charge in [-0.2, -0.15) is 0 Å². The highest BCUT2D eigenvalue weighted by molar-refractivity contribution is 14.0. The molecule has 0 unspecified atom stereocenters. The zero-order valence-corrected chi connectivity index (χ0v) is 17.8. The van der Waals surface area contributed by atoms with Crippen LogP contribution in [-0.2, 0) is 17.8 Å². The molecule has 1 rings (SSSR count). The van der Waals surface area contributed by atoms with E-state index in [1.165, 1.54) is 11.1 Å². The van der Waals surface area contributed by atoms with Gasteiger partial charge in [0.05, 0.1) is 0 Å². The summed E-state index contributed by atoms with van der Waals surface area (Å²) in [6, 6.07) is 8.60. The van der Waals surface area contributed by atoms with Gasteiger partial charge in [-0.25, -0.2) is 0 Å². The molecule has 24 heavy (non-hydrogen) atoms. The Labute approximate surface area is 164 Å². The average Bonchev–Trinajstić information content (AvgIpc) is 2.60. The second-order valence-electron chi connectivity index (χ2n) is 5.43. The minimum absolute atomic E-state index is 0. The van der Waals surface area contributed by atoms with Crippen molar-refractivity contribution in [3.8, 4) is 0 Å². The van der Waals surface area contributed by atoms with Crippen LogP contribution < -0.4 is 10.6 Å². The highest BCUT2D eigenvalue weighted by Gasteiger charge is 2.06. The van der Waals surface area contributed by atoms with Crippen LogP contribution in [0, 0.1) is 0 Å². The van der Waals surface area contributed by atoms with E-state index in [0.29, 0.717) is 0 Å². The topological polar surface area (TPSA) is 48.9 Å². The maximum absolute atomic E-state index is 5.06. The van der Waals surface area contributed by atoms with E-state index in [1.54, 1.807) is 14.2 Å². The predicted molar refractivity (Wildman–Crippen MR) is 113 cm³/mol. The number of ether oxygens (including phenoxy) is 1. The number of halogens is 1. The molecule has 6 heteroatoms. The third-order valence-corrected chi connectivity index (χ3v) is 3.89. The lowest BCUT2D eigenvalue weighted by Gasteiger charge is -2.20. The zero-order chi connectivity index (χ0) is 16.9. The Kier molecular flexibility index (Phi) is 14.0. The highest BCUT2D eigenvalue weighted by Crippen LogP contribution is 2.11. The molecule has 0 saturated carbocycles. The van der Waals surface area contributed by atoms with E-state index in [2.05, 4.69) is 58.6 Å². The molecule has 0 fully saturated rings. The maximum Gasteiger partial charge on any atom is 0.191 e. The van der Waals surface area contributed by atoms with Gasteiger partial charge in [-0.15, -0.1) is 24.0 Å². The molecular weight excluding hydrogens is 415 g/mol. The third-order valence-electron chi connectivity index (χ3n) is 3.89. The first kappa shape index (κ1) is 23.1. The van der Waals surface area contributed by atoms with Crippen molar-refractivity contribution in [2.24, 2.45) is 4.99 Å². The Morgan fingerprint density at radius 1 is 1.12 bits per heavy atom. The molecule has 5 nitrogen and oxygen atoms in total. The molecule has 0 aliphatic carbocycles. The number of guanidine groups is 1. The van der Waals surface area contributed by atoms with Crippen LogP contribution >= 0.6 is 24.0 Å². The fraction of sp³-hybridized carbons (Fsp3) is 0.611. The Morgan fingerprint density at radius 3 is 2.38 bits per heavy atom. The van der Waals surface area contributed by atoms with E-state index < -0.39 is 0 Å². The molecule has 0 amide bonds. The Morgan fingerprint density at radius 2 is 1.79 bits per heavy atom. The smallest absolute Gasteiger partial charge is 0.191 e. The van der Waals surface area contributed by atoms with Crippen molar-refractivity contribution in [3.05, 3.63) is 35.4 Å². The summed E-state index contributed by atoms with van der Waals surface area (Å²) >= 11 is 0. The maximum atomic E-state index is 5.06. The molecule has 0 saturated heterocycles. The molecule has 1 aromatic rings. The van der Waals surface area contributed by atoms with E-state index in [1.807, 2.05) is 0 Å². The van der Waals surface area contributed by atoms with E-state index in [4.69, 9.17) is 4.74 Å². The number of rotatable bonds is 10. The molecule has 0 aliphatic rings. The molecule has 1 aromatic carbocycles. The largest absolute Gasteiger partial charge is 0.385 e. The summed E-state index contributed by atoms with van der Waals surface area (Å²) in [4.78, 5) is 6.69. The predicted octanol–water partition coefficient (Wildman–Crippen LogP) is 2.85. The van der Waals surface area contributed by atoms with Gasteiger partial charge in [-0.05, 0) is 30.6 Å². The number of hydrogen-bond donors (Lipinski definition) is 2. The summed E-state index contributed by atoms with van der Waals surface area (Å²) in [5.74, 6) is 0.832. The van der Waals surface area contributed by atoms with Crippen molar-refractivity contribution in [1.29, 1.82) is 0 Å². The first-order valence-electron chi connectivity index (χ1n) is 8.47.